The van der Waals surface area contributed by atoms with Gasteiger partial charge in [0, 0.05) is 24.7 Å². The molecule has 1 aliphatic carbocycles. The number of amides is 2. The van der Waals surface area contributed by atoms with E-state index >= 15 is 0 Å². The maximum atomic E-state index is 12.2. The average molecular weight is 300 g/mol. The van der Waals surface area contributed by atoms with Gasteiger partial charge in [0.05, 0.1) is 5.92 Å². The largest absolute Gasteiger partial charge is 0.353 e. The summed E-state index contributed by atoms with van der Waals surface area (Å²) in [5.41, 5.74) is 2.22. The summed E-state index contributed by atoms with van der Waals surface area (Å²) in [7, 11) is 0. The van der Waals surface area contributed by atoms with Crippen LogP contribution >= 0.6 is 0 Å². The Bertz CT molecular complexity index is 549. The van der Waals surface area contributed by atoms with Crippen molar-refractivity contribution in [1.29, 1.82) is 0 Å². The van der Waals surface area contributed by atoms with Crippen LogP contribution in [-0.4, -0.2) is 24.4 Å². The molecule has 1 atom stereocenters. The number of nitrogens with zero attached hydrogens (tertiary/aromatic N) is 1. The number of nitrogens with one attached hydrogen (secondary N) is 1. The molecule has 0 radical (unpaired) electrons. The van der Waals surface area contributed by atoms with Crippen LogP contribution in [0.3, 0.4) is 0 Å². The van der Waals surface area contributed by atoms with Crippen LogP contribution in [0.2, 0.25) is 0 Å². The van der Waals surface area contributed by atoms with Gasteiger partial charge >= 0.3 is 0 Å². The average Bonchev–Trinajstić information content (AvgIpc) is 3.25. The molecule has 1 N–H and O–H groups in total. The van der Waals surface area contributed by atoms with Crippen molar-refractivity contribution in [3.8, 4) is 0 Å². The first kappa shape index (κ1) is 15.1. The highest BCUT2D eigenvalue weighted by molar-refractivity contribution is 6.00. The zero-order valence-electron chi connectivity index (χ0n) is 13.2. The Morgan fingerprint density at radius 3 is 2.64 bits per heavy atom. The van der Waals surface area contributed by atoms with Crippen molar-refractivity contribution in [2.45, 2.75) is 51.5 Å². The number of aryl methyl sites for hydroxylation is 1. The normalized spacial score (nSPS) is 21.2. The van der Waals surface area contributed by atoms with E-state index < -0.39 is 0 Å². The maximum absolute atomic E-state index is 12.2. The zero-order chi connectivity index (χ0) is 15.5. The van der Waals surface area contributed by atoms with E-state index in [-0.39, 0.29) is 17.7 Å². The van der Waals surface area contributed by atoms with E-state index in [9.17, 15) is 9.59 Å². The molecule has 4 heteroatoms. The molecule has 1 heterocycles. The van der Waals surface area contributed by atoms with Crippen molar-refractivity contribution in [2.75, 3.05) is 11.4 Å². The van der Waals surface area contributed by atoms with E-state index in [1.807, 2.05) is 12.1 Å². The van der Waals surface area contributed by atoms with E-state index in [0.29, 0.717) is 19.0 Å². The van der Waals surface area contributed by atoms with Crippen LogP contribution in [-0.2, 0) is 16.0 Å². The van der Waals surface area contributed by atoms with Gasteiger partial charge in [-0.2, -0.15) is 0 Å². The number of anilines is 1. The molecule has 118 valence electrons. The Morgan fingerprint density at radius 2 is 2.00 bits per heavy atom. The van der Waals surface area contributed by atoms with Crippen LogP contribution in [0.15, 0.2) is 24.3 Å². The second-order valence-corrected chi connectivity index (χ2v) is 6.46. The lowest BCUT2D eigenvalue weighted by Crippen LogP contribution is -2.34. The fraction of sp³-hybridized carbons (Fsp3) is 0.556. The molecule has 4 nitrogen and oxygen atoms in total. The van der Waals surface area contributed by atoms with Crippen molar-refractivity contribution >= 4 is 17.5 Å². The predicted octanol–water partition coefficient (Wildman–Crippen LogP) is 2.66. The molecule has 1 aromatic rings. The quantitative estimate of drug-likeness (QED) is 0.878. The Hall–Kier alpha value is -1.84. The topological polar surface area (TPSA) is 49.4 Å². The van der Waals surface area contributed by atoms with Crippen LogP contribution < -0.4 is 10.2 Å². The first-order valence-corrected chi connectivity index (χ1v) is 8.37. The van der Waals surface area contributed by atoms with Gasteiger partial charge in [-0.3, -0.25) is 9.59 Å². The van der Waals surface area contributed by atoms with Gasteiger partial charge in [0.1, 0.15) is 0 Å². The van der Waals surface area contributed by atoms with Crippen LogP contribution in [0.1, 0.15) is 44.6 Å². The first-order chi connectivity index (χ1) is 10.7. The van der Waals surface area contributed by atoms with Crippen LogP contribution in [0.4, 0.5) is 5.69 Å². The predicted molar refractivity (Wildman–Crippen MR) is 86.7 cm³/mol. The van der Waals surface area contributed by atoms with E-state index in [0.717, 1.165) is 24.9 Å². The molecule has 2 aliphatic rings. The van der Waals surface area contributed by atoms with Crippen LogP contribution in [0.5, 0.6) is 0 Å². The molecule has 2 amide bonds. The second-order valence-electron chi connectivity index (χ2n) is 6.46. The fourth-order valence-electron chi connectivity index (χ4n) is 2.90. The number of carbonyl (C=O) groups excluding carboxylic acids is 2. The Kier molecular flexibility index (Phi) is 4.46. The summed E-state index contributed by atoms with van der Waals surface area (Å²) in [6, 6.07) is 8.55. The highest BCUT2D eigenvalue weighted by Gasteiger charge is 2.36. The third-order valence-corrected chi connectivity index (χ3v) is 4.49. The Morgan fingerprint density at radius 1 is 1.27 bits per heavy atom. The molecule has 0 bridgehead atoms. The summed E-state index contributed by atoms with van der Waals surface area (Å²) in [4.78, 5) is 26.0. The SMILES string of the molecule is CCCCc1ccc(N2C[C@H](C(=O)NC3CC3)CC2=O)cc1. The standard InChI is InChI=1S/C18H24N2O2/c1-2-3-4-13-5-9-16(10-6-13)20-12-14(11-17(20)21)18(22)19-15-7-8-15/h5-6,9-10,14-15H,2-4,7-8,11-12H2,1H3,(H,19,22)/t14-/m1/s1. The van der Waals surface area contributed by atoms with Crippen molar-refractivity contribution in [2.24, 2.45) is 5.92 Å². The van der Waals surface area contributed by atoms with Gasteiger partial charge in [-0.15, -0.1) is 0 Å². The van der Waals surface area contributed by atoms with E-state index in [4.69, 9.17) is 0 Å². The molecule has 1 aliphatic heterocycles. The smallest absolute Gasteiger partial charge is 0.227 e. The van der Waals surface area contributed by atoms with Crippen molar-refractivity contribution in [1.82, 2.24) is 5.32 Å². The van der Waals surface area contributed by atoms with Crippen LogP contribution in [0.25, 0.3) is 0 Å². The molecule has 2 fully saturated rings. The molecule has 3 rings (SSSR count). The molecule has 0 aromatic heterocycles. The van der Waals surface area contributed by atoms with Gasteiger partial charge in [-0.05, 0) is 43.4 Å². The lowest BCUT2D eigenvalue weighted by atomic mass is 10.1. The molecule has 1 saturated heterocycles. The molecule has 1 saturated carbocycles. The van der Waals surface area contributed by atoms with Crippen molar-refractivity contribution < 1.29 is 9.59 Å². The zero-order valence-corrected chi connectivity index (χ0v) is 13.2. The minimum Gasteiger partial charge on any atom is -0.353 e. The van der Waals surface area contributed by atoms with Crippen LogP contribution in [0, 0.1) is 5.92 Å². The number of unbranched alkanes of at least 4 members (excludes halogenated alkanes) is 1. The summed E-state index contributed by atoms with van der Waals surface area (Å²) < 4.78 is 0. The highest BCUT2D eigenvalue weighted by atomic mass is 16.2. The number of carbonyl (C=O) groups is 2. The molecular weight excluding hydrogens is 276 g/mol. The third-order valence-electron chi connectivity index (χ3n) is 4.49. The lowest BCUT2D eigenvalue weighted by Gasteiger charge is -2.17. The summed E-state index contributed by atoms with van der Waals surface area (Å²) in [5.74, 6) is -0.108. The Balaban J connectivity index is 1.61. The van der Waals surface area contributed by atoms with Crippen molar-refractivity contribution in [3.05, 3.63) is 29.8 Å². The van der Waals surface area contributed by atoms with E-state index in [1.54, 1.807) is 4.90 Å². The molecule has 0 spiro atoms. The molecular formula is C18H24N2O2. The van der Waals surface area contributed by atoms with Gasteiger partial charge in [-0.25, -0.2) is 0 Å². The Labute approximate surface area is 131 Å². The molecule has 0 unspecified atom stereocenters. The highest BCUT2D eigenvalue weighted by Crippen LogP contribution is 2.27. The summed E-state index contributed by atoms with van der Waals surface area (Å²) >= 11 is 0. The van der Waals surface area contributed by atoms with Gasteiger partial charge in [0.2, 0.25) is 11.8 Å². The summed E-state index contributed by atoms with van der Waals surface area (Å²) in [6.07, 6.45) is 5.94. The summed E-state index contributed by atoms with van der Waals surface area (Å²) in [6.45, 7) is 2.69. The number of benzene rings is 1. The lowest BCUT2D eigenvalue weighted by molar-refractivity contribution is -0.126. The third kappa shape index (κ3) is 3.49. The number of rotatable bonds is 6. The summed E-state index contributed by atoms with van der Waals surface area (Å²) in [5, 5.41) is 3.00. The molecule has 22 heavy (non-hydrogen) atoms. The second kappa shape index (κ2) is 6.51. The monoisotopic (exact) mass is 300 g/mol. The van der Waals surface area contributed by atoms with Gasteiger partial charge in [-0.1, -0.05) is 25.5 Å². The van der Waals surface area contributed by atoms with Gasteiger partial charge in [0.25, 0.3) is 0 Å². The minimum atomic E-state index is -0.201. The number of hydrogen-bond acceptors (Lipinski definition) is 2. The van der Waals surface area contributed by atoms with E-state index in [1.165, 1.54) is 18.4 Å². The molecule has 1 aromatic carbocycles. The van der Waals surface area contributed by atoms with Gasteiger partial charge in [0.15, 0.2) is 0 Å². The fourth-order valence-corrected chi connectivity index (χ4v) is 2.90. The maximum Gasteiger partial charge on any atom is 0.227 e. The minimum absolute atomic E-state index is 0.0397. The van der Waals surface area contributed by atoms with Crippen molar-refractivity contribution in [3.63, 3.8) is 0 Å². The first-order valence-electron chi connectivity index (χ1n) is 8.37. The van der Waals surface area contributed by atoms with E-state index in [2.05, 4.69) is 24.4 Å². The van der Waals surface area contributed by atoms with Gasteiger partial charge < -0.3 is 10.2 Å². The number of hydrogen-bond donors (Lipinski definition) is 1.